The van der Waals surface area contributed by atoms with Crippen LogP contribution in [0.15, 0.2) is 24.4 Å². The molecule has 0 aliphatic heterocycles. The molecular formula is C33H54N4O2S. The number of nitrogens with one attached hydrogen (secondary N) is 2. The van der Waals surface area contributed by atoms with Crippen LogP contribution in [-0.2, 0) is 11.3 Å². The normalized spacial score (nSPS) is 39.7. The Morgan fingerprint density at radius 2 is 1.88 bits per heavy atom. The van der Waals surface area contributed by atoms with Crippen molar-refractivity contribution in [1.29, 1.82) is 0 Å². The van der Waals surface area contributed by atoms with E-state index in [2.05, 4.69) is 48.2 Å². The summed E-state index contributed by atoms with van der Waals surface area (Å²) in [7, 11) is 0. The minimum atomic E-state index is -0.189. The van der Waals surface area contributed by atoms with Crippen LogP contribution in [0.3, 0.4) is 0 Å². The first kappa shape index (κ1) is 30.5. The molecule has 0 saturated heterocycles. The van der Waals surface area contributed by atoms with Crippen molar-refractivity contribution in [2.75, 3.05) is 13.1 Å². The molecule has 0 aromatic carbocycles. The Kier molecular flexibility index (Phi) is 9.99. The summed E-state index contributed by atoms with van der Waals surface area (Å²) in [5.41, 5.74) is 8.34. The van der Waals surface area contributed by atoms with Crippen molar-refractivity contribution in [3.05, 3.63) is 30.1 Å². The molecule has 4 fully saturated rings. The van der Waals surface area contributed by atoms with Gasteiger partial charge in [-0.25, -0.2) is 0 Å². The van der Waals surface area contributed by atoms with Crippen molar-refractivity contribution in [1.82, 2.24) is 15.6 Å². The Hall–Kier alpha value is -0.990. The minimum Gasteiger partial charge on any atom is -0.393 e. The van der Waals surface area contributed by atoms with Gasteiger partial charge >= 0.3 is 0 Å². The number of aliphatic hydroxyl groups is 1. The van der Waals surface area contributed by atoms with E-state index in [4.69, 9.17) is 5.73 Å². The van der Waals surface area contributed by atoms with E-state index in [9.17, 15) is 9.90 Å². The second-order valence-corrected chi connectivity index (χ2v) is 14.7. The smallest absolute Gasteiger partial charge is 0.185 e. The van der Waals surface area contributed by atoms with Crippen LogP contribution >= 0.6 is 12.6 Å². The van der Waals surface area contributed by atoms with Crippen LogP contribution in [0.1, 0.15) is 96.6 Å². The highest BCUT2D eigenvalue weighted by atomic mass is 32.1. The standard InChI is InChI=1S/C33H54N4O2S/c1-32-14-12-23(36-18-6-5-16-35-21-24-7-3-4-17-37-24)19-22(32)20-29(38)31-26-9-8-25(28(34)10-11-30(39)40)33(26,2)15-13-27(31)32/h3-4,7,17,22-23,25-29,31,35-36,38H,5-6,8-16,18-21,34H2,1-2H3,(H,39,40). The fourth-order valence-electron chi connectivity index (χ4n) is 10.0. The number of aromatic nitrogens is 1. The second-order valence-electron chi connectivity index (χ2n) is 14.3. The lowest BCUT2D eigenvalue weighted by molar-refractivity contribution is -0.165. The third-order valence-electron chi connectivity index (χ3n) is 12.2. The van der Waals surface area contributed by atoms with Crippen molar-refractivity contribution in [3.63, 3.8) is 0 Å². The van der Waals surface area contributed by atoms with Crippen LogP contribution < -0.4 is 16.4 Å². The number of nitrogens with two attached hydrogens (primary N) is 1. The maximum absolute atomic E-state index is 11.7. The number of hydrogen-bond acceptors (Lipinski definition) is 6. The van der Waals surface area contributed by atoms with Crippen molar-refractivity contribution < 1.29 is 9.90 Å². The molecule has 10 unspecified atom stereocenters. The highest BCUT2D eigenvalue weighted by Gasteiger charge is 2.62. The maximum atomic E-state index is 11.7. The van der Waals surface area contributed by atoms with Gasteiger partial charge in [-0.15, -0.1) is 12.6 Å². The Labute approximate surface area is 247 Å². The molecule has 4 aliphatic carbocycles. The molecule has 7 heteroatoms. The molecule has 1 aromatic rings. The molecule has 40 heavy (non-hydrogen) atoms. The van der Waals surface area contributed by atoms with Gasteiger partial charge in [-0.2, -0.15) is 0 Å². The van der Waals surface area contributed by atoms with E-state index in [1.54, 1.807) is 0 Å². The van der Waals surface area contributed by atoms with Crippen LogP contribution in [0, 0.1) is 40.4 Å². The third kappa shape index (κ3) is 6.34. The van der Waals surface area contributed by atoms with E-state index in [0.29, 0.717) is 47.5 Å². The van der Waals surface area contributed by atoms with Crippen molar-refractivity contribution in [2.24, 2.45) is 46.2 Å². The fourth-order valence-corrected chi connectivity index (χ4v) is 10.2. The first-order valence-electron chi connectivity index (χ1n) is 16.2. The van der Waals surface area contributed by atoms with Gasteiger partial charge in [0.1, 0.15) is 0 Å². The van der Waals surface area contributed by atoms with Gasteiger partial charge in [-0.1, -0.05) is 19.9 Å². The van der Waals surface area contributed by atoms with Gasteiger partial charge in [0.25, 0.3) is 0 Å². The topological polar surface area (TPSA) is 100 Å². The van der Waals surface area contributed by atoms with Gasteiger partial charge in [0, 0.05) is 31.2 Å². The summed E-state index contributed by atoms with van der Waals surface area (Å²) in [6, 6.07) is 6.71. The number of pyridine rings is 1. The molecule has 224 valence electrons. The molecule has 0 bridgehead atoms. The molecule has 4 saturated carbocycles. The lowest BCUT2D eigenvalue weighted by Crippen LogP contribution is -2.59. The first-order valence-corrected chi connectivity index (χ1v) is 16.7. The predicted octanol–water partition coefficient (Wildman–Crippen LogP) is 5.10. The summed E-state index contributed by atoms with van der Waals surface area (Å²) >= 11 is 3.97. The summed E-state index contributed by atoms with van der Waals surface area (Å²) in [4.78, 5) is 15.8. The average Bonchev–Trinajstić information content (AvgIpc) is 3.29. The first-order chi connectivity index (χ1) is 19.2. The Balaban J connectivity index is 1.10. The van der Waals surface area contributed by atoms with Crippen molar-refractivity contribution in [2.45, 2.75) is 116 Å². The number of aliphatic hydroxyl groups excluding tert-OH is 1. The molecule has 5 N–H and O–H groups in total. The molecule has 4 aliphatic rings. The summed E-state index contributed by atoms with van der Waals surface area (Å²) in [5, 5.41) is 19.0. The zero-order valence-electron chi connectivity index (χ0n) is 24.9. The van der Waals surface area contributed by atoms with Gasteiger partial charge in [0.2, 0.25) is 0 Å². The van der Waals surface area contributed by atoms with Crippen LogP contribution in [0.25, 0.3) is 0 Å². The average molecular weight is 571 g/mol. The predicted molar refractivity (Wildman–Crippen MR) is 165 cm³/mol. The van der Waals surface area contributed by atoms with Gasteiger partial charge < -0.3 is 21.5 Å². The number of rotatable bonds is 12. The lowest BCUT2D eigenvalue weighted by Gasteiger charge is -2.62. The Morgan fingerprint density at radius 1 is 1.10 bits per heavy atom. The molecule has 6 nitrogen and oxygen atoms in total. The minimum absolute atomic E-state index is 0.0563. The van der Waals surface area contributed by atoms with Gasteiger partial charge in [-0.3, -0.25) is 9.78 Å². The van der Waals surface area contributed by atoms with Gasteiger partial charge in [-0.05, 0) is 136 Å². The van der Waals surface area contributed by atoms with Gasteiger partial charge in [0.05, 0.1) is 11.8 Å². The highest BCUT2D eigenvalue weighted by molar-refractivity contribution is 7.96. The number of carbonyl (C=O) groups excluding carboxylic acids is 1. The maximum Gasteiger partial charge on any atom is 0.185 e. The molecular weight excluding hydrogens is 516 g/mol. The summed E-state index contributed by atoms with van der Waals surface area (Å²) in [6.07, 6.45) is 14.7. The number of carbonyl (C=O) groups is 1. The van der Waals surface area contributed by atoms with E-state index in [0.717, 1.165) is 44.6 Å². The summed E-state index contributed by atoms with van der Waals surface area (Å²) < 4.78 is 0. The third-order valence-corrected chi connectivity index (χ3v) is 12.4. The monoisotopic (exact) mass is 570 g/mol. The largest absolute Gasteiger partial charge is 0.393 e. The van der Waals surface area contributed by atoms with Crippen molar-refractivity contribution in [3.8, 4) is 0 Å². The number of thiol groups is 1. The molecule has 10 atom stereocenters. The van der Waals surface area contributed by atoms with Crippen LogP contribution in [0.2, 0.25) is 0 Å². The van der Waals surface area contributed by atoms with E-state index in [1.807, 2.05) is 18.3 Å². The molecule has 1 heterocycles. The van der Waals surface area contributed by atoms with E-state index in [1.165, 1.54) is 51.4 Å². The molecule has 5 rings (SSSR count). The van der Waals surface area contributed by atoms with Crippen LogP contribution in [0.4, 0.5) is 0 Å². The number of nitrogens with zero attached hydrogens (tertiary/aromatic N) is 1. The zero-order valence-corrected chi connectivity index (χ0v) is 25.8. The van der Waals surface area contributed by atoms with E-state index in [-0.39, 0.29) is 22.7 Å². The highest BCUT2D eigenvalue weighted by Crippen LogP contribution is 2.67. The quantitative estimate of drug-likeness (QED) is 0.177. The Bertz CT molecular complexity index is 980. The van der Waals surface area contributed by atoms with Crippen LogP contribution in [-0.4, -0.2) is 46.5 Å². The zero-order chi connectivity index (χ0) is 28.3. The van der Waals surface area contributed by atoms with Gasteiger partial charge in [0.15, 0.2) is 5.12 Å². The fraction of sp³-hybridized carbons (Fsp3) is 0.818. The Morgan fingerprint density at radius 3 is 2.65 bits per heavy atom. The number of unbranched alkanes of at least 4 members (excludes halogenated alkanes) is 1. The molecule has 0 radical (unpaired) electrons. The molecule has 1 aromatic heterocycles. The number of hydrogen-bond donors (Lipinski definition) is 5. The summed E-state index contributed by atoms with van der Waals surface area (Å²) in [6.45, 7) is 7.98. The van der Waals surface area contributed by atoms with Crippen LogP contribution in [0.5, 0.6) is 0 Å². The molecule has 0 amide bonds. The van der Waals surface area contributed by atoms with E-state index < -0.39 is 0 Å². The van der Waals surface area contributed by atoms with E-state index >= 15 is 0 Å². The summed E-state index contributed by atoms with van der Waals surface area (Å²) in [5.74, 6) is 2.66. The SMILES string of the molecule is CC12CCC(NCCCCNCc3ccccn3)CC1CC(O)C1C2CCC2(C)C(C(N)CCC(=O)S)CCC12. The second kappa shape index (κ2) is 13.1. The van der Waals surface area contributed by atoms with Crippen molar-refractivity contribution >= 4 is 17.7 Å². The molecule has 0 spiro atoms. The number of fused-ring (bicyclic) bond motifs is 5. The lowest BCUT2D eigenvalue weighted by atomic mass is 9.43.